The van der Waals surface area contributed by atoms with Gasteiger partial charge in [-0.05, 0) is 23.8 Å². The van der Waals surface area contributed by atoms with Gasteiger partial charge in [0, 0.05) is 6.54 Å². The Balaban J connectivity index is 2.64. The fourth-order valence-corrected chi connectivity index (χ4v) is 0.868. The van der Waals surface area contributed by atoms with Crippen LogP contribution < -0.4 is 5.73 Å². The quantitative estimate of drug-likeness (QED) is 0.763. The highest BCUT2D eigenvalue weighted by atomic mass is 19.1. The Morgan fingerprint density at radius 2 is 1.92 bits per heavy atom. The Kier molecular flexibility index (Phi) is 3.58. The van der Waals surface area contributed by atoms with E-state index in [1.54, 1.807) is 18.2 Å². The number of hydrogen-bond donors (Lipinski definition) is 1. The minimum absolute atomic E-state index is 0.0301. The van der Waals surface area contributed by atoms with E-state index in [1.807, 2.05) is 0 Å². The highest BCUT2D eigenvalue weighted by Gasteiger charge is 1.95. The Labute approximate surface area is 75.9 Å². The van der Waals surface area contributed by atoms with Gasteiger partial charge in [0.05, 0.1) is 0 Å². The number of rotatable bonds is 3. The van der Waals surface area contributed by atoms with E-state index in [0.717, 1.165) is 5.56 Å². The molecule has 1 aromatic rings. The van der Waals surface area contributed by atoms with E-state index < -0.39 is 6.17 Å². The molecule has 3 heteroatoms. The van der Waals surface area contributed by atoms with Gasteiger partial charge in [-0.3, -0.25) is 0 Å². The smallest absolute Gasteiger partial charge is 0.131 e. The van der Waals surface area contributed by atoms with Crippen LogP contribution in [0.1, 0.15) is 5.56 Å². The van der Waals surface area contributed by atoms with Gasteiger partial charge in [0.25, 0.3) is 0 Å². The lowest BCUT2D eigenvalue weighted by Crippen LogP contribution is -2.11. The van der Waals surface area contributed by atoms with Gasteiger partial charge < -0.3 is 5.73 Å². The molecule has 2 N–H and O–H groups in total. The molecular formula is C10H11F2N. The maximum atomic E-state index is 12.6. The van der Waals surface area contributed by atoms with Crippen LogP contribution in [0.2, 0.25) is 0 Å². The number of hydrogen-bond acceptors (Lipinski definition) is 1. The van der Waals surface area contributed by atoms with Crippen LogP contribution in [0.25, 0.3) is 6.08 Å². The second kappa shape index (κ2) is 4.72. The van der Waals surface area contributed by atoms with Crippen molar-refractivity contribution in [1.29, 1.82) is 0 Å². The van der Waals surface area contributed by atoms with Gasteiger partial charge in [0.2, 0.25) is 0 Å². The van der Waals surface area contributed by atoms with Crippen molar-refractivity contribution in [2.24, 2.45) is 5.73 Å². The van der Waals surface area contributed by atoms with Gasteiger partial charge in [-0.25, -0.2) is 8.78 Å². The molecule has 1 unspecified atom stereocenters. The average Bonchev–Trinajstić information content (AvgIpc) is 2.16. The predicted octanol–water partition coefficient (Wildman–Crippen LogP) is 2.14. The van der Waals surface area contributed by atoms with Crippen LogP contribution in [-0.2, 0) is 0 Å². The molecule has 0 aliphatic carbocycles. The van der Waals surface area contributed by atoms with Crippen molar-refractivity contribution in [3.05, 3.63) is 41.7 Å². The molecule has 0 heterocycles. The summed E-state index contributed by atoms with van der Waals surface area (Å²) in [7, 11) is 0. The number of halogens is 2. The van der Waals surface area contributed by atoms with Crippen molar-refractivity contribution < 1.29 is 8.78 Å². The van der Waals surface area contributed by atoms with Crippen molar-refractivity contribution in [1.82, 2.24) is 0 Å². The summed E-state index contributed by atoms with van der Waals surface area (Å²) in [6, 6.07) is 5.81. The summed E-state index contributed by atoms with van der Waals surface area (Å²) in [5, 5.41) is 0. The summed E-state index contributed by atoms with van der Waals surface area (Å²) >= 11 is 0. The number of nitrogens with two attached hydrogens (primary N) is 1. The fraction of sp³-hybridized carbons (Fsp3) is 0.200. The maximum absolute atomic E-state index is 12.6. The molecule has 0 saturated heterocycles. The summed E-state index contributed by atoms with van der Waals surface area (Å²) in [4.78, 5) is 0. The van der Waals surface area contributed by atoms with Crippen molar-refractivity contribution in [3.8, 4) is 0 Å². The standard InChI is InChI=1S/C10H11F2N/c11-9-4-1-8(2-5-9)3-6-10(12)7-13/h1-6,10H,7,13H2/b6-3+. The lowest BCUT2D eigenvalue weighted by molar-refractivity contribution is 0.410. The van der Waals surface area contributed by atoms with Gasteiger partial charge in [-0.1, -0.05) is 18.2 Å². The van der Waals surface area contributed by atoms with Crippen molar-refractivity contribution in [2.75, 3.05) is 6.54 Å². The summed E-state index contributed by atoms with van der Waals surface area (Å²) < 4.78 is 25.0. The van der Waals surface area contributed by atoms with Gasteiger partial charge in [-0.2, -0.15) is 0 Å². The third kappa shape index (κ3) is 3.34. The van der Waals surface area contributed by atoms with Gasteiger partial charge in [0.15, 0.2) is 0 Å². The molecule has 0 aliphatic heterocycles. The molecule has 1 nitrogen and oxygen atoms in total. The van der Waals surface area contributed by atoms with Crippen LogP contribution in [0.4, 0.5) is 8.78 Å². The second-order valence-electron chi connectivity index (χ2n) is 2.66. The first-order valence-corrected chi connectivity index (χ1v) is 4.00. The van der Waals surface area contributed by atoms with Crippen molar-refractivity contribution in [2.45, 2.75) is 6.17 Å². The second-order valence-corrected chi connectivity index (χ2v) is 2.66. The third-order valence-corrected chi connectivity index (χ3v) is 1.59. The van der Waals surface area contributed by atoms with Crippen LogP contribution in [0.5, 0.6) is 0 Å². The molecular weight excluding hydrogens is 172 g/mol. The fourth-order valence-electron chi connectivity index (χ4n) is 0.868. The zero-order valence-electron chi connectivity index (χ0n) is 7.08. The maximum Gasteiger partial charge on any atom is 0.131 e. The molecule has 0 saturated carbocycles. The van der Waals surface area contributed by atoms with Gasteiger partial charge in [-0.15, -0.1) is 0 Å². The summed E-state index contributed by atoms with van der Waals surface area (Å²) in [6.45, 7) is -0.0301. The molecule has 70 valence electrons. The first-order valence-electron chi connectivity index (χ1n) is 4.00. The topological polar surface area (TPSA) is 26.0 Å². The van der Waals surface area contributed by atoms with Crippen LogP contribution in [-0.4, -0.2) is 12.7 Å². The van der Waals surface area contributed by atoms with E-state index in [1.165, 1.54) is 18.2 Å². The van der Waals surface area contributed by atoms with E-state index >= 15 is 0 Å². The average molecular weight is 183 g/mol. The molecule has 0 aliphatic rings. The summed E-state index contributed by atoms with van der Waals surface area (Å²) in [5.74, 6) is -0.298. The molecule has 0 aromatic heterocycles. The normalized spacial score (nSPS) is 13.5. The van der Waals surface area contributed by atoms with Crippen LogP contribution in [0.3, 0.4) is 0 Å². The lowest BCUT2D eigenvalue weighted by atomic mass is 10.2. The molecule has 0 bridgehead atoms. The lowest BCUT2D eigenvalue weighted by Gasteiger charge is -1.96. The van der Waals surface area contributed by atoms with Crippen molar-refractivity contribution >= 4 is 6.08 Å². The molecule has 1 aromatic carbocycles. The Hall–Kier alpha value is -1.22. The van der Waals surface area contributed by atoms with E-state index in [2.05, 4.69) is 0 Å². The number of alkyl halides is 1. The SMILES string of the molecule is NCC(F)/C=C/c1ccc(F)cc1. The Morgan fingerprint density at radius 3 is 2.46 bits per heavy atom. The van der Waals surface area contributed by atoms with Gasteiger partial charge >= 0.3 is 0 Å². The zero-order valence-corrected chi connectivity index (χ0v) is 7.08. The Morgan fingerprint density at radius 1 is 1.31 bits per heavy atom. The van der Waals surface area contributed by atoms with Crippen molar-refractivity contribution in [3.63, 3.8) is 0 Å². The monoisotopic (exact) mass is 183 g/mol. The van der Waals surface area contributed by atoms with E-state index in [9.17, 15) is 8.78 Å². The van der Waals surface area contributed by atoms with Crippen LogP contribution >= 0.6 is 0 Å². The Bertz CT molecular complexity index is 279. The molecule has 0 fully saturated rings. The number of benzene rings is 1. The van der Waals surface area contributed by atoms with Crippen LogP contribution in [0, 0.1) is 5.82 Å². The molecule has 1 atom stereocenters. The van der Waals surface area contributed by atoms with Crippen LogP contribution in [0.15, 0.2) is 30.3 Å². The summed E-state index contributed by atoms with van der Waals surface area (Å²) in [6.07, 6.45) is 1.80. The molecule has 0 spiro atoms. The first kappa shape index (κ1) is 9.86. The molecule has 0 radical (unpaired) electrons. The predicted molar refractivity (Wildman–Crippen MR) is 49.4 cm³/mol. The first-order chi connectivity index (χ1) is 6.22. The van der Waals surface area contributed by atoms with E-state index in [4.69, 9.17) is 5.73 Å². The minimum Gasteiger partial charge on any atom is -0.327 e. The molecule has 0 amide bonds. The van der Waals surface area contributed by atoms with E-state index in [-0.39, 0.29) is 12.4 Å². The zero-order chi connectivity index (χ0) is 9.68. The minimum atomic E-state index is -1.13. The molecule has 13 heavy (non-hydrogen) atoms. The summed E-state index contributed by atoms with van der Waals surface area (Å²) in [5.41, 5.74) is 5.84. The third-order valence-electron chi connectivity index (χ3n) is 1.59. The molecule has 1 rings (SSSR count). The van der Waals surface area contributed by atoms with E-state index in [0.29, 0.717) is 0 Å². The largest absolute Gasteiger partial charge is 0.327 e. The highest BCUT2D eigenvalue weighted by Crippen LogP contribution is 2.05. The van der Waals surface area contributed by atoms with Gasteiger partial charge in [0.1, 0.15) is 12.0 Å². The highest BCUT2D eigenvalue weighted by molar-refractivity contribution is 5.49.